The van der Waals surface area contributed by atoms with Gasteiger partial charge in [-0.05, 0) is 18.9 Å². The van der Waals surface area contributed by atoms with E-state index in [0.29, 0.717) is 28.6 Å². The van der Waals surface area contributed by atoms with Crippen molar-refractivity contribution in [2.24, 2.45) is 0 Å². The second kappa shape index (κ2) is 8.68. The fraction of sp³-hybridized carbons (Fsp3) is 0.571. The summed E-state index contributed by atoms with van der Waals surface area (Å²) in [5.74, 6) is 0.0845. The van der Waals surface area contributed by atoms with Gasteiger partial charge < -0.3 is 10.1 Å². The predicted octanol–water partition coefficient (Wildman–Crippen LogP) is 2.60. The maximum Gasteiger partial charge on any atom is 0.340 e. The quantitative estimate of drug-likeness (QED) is 0.590. The van der Waals surface area contributed by atoms with Crippen LogP contribution in [0.25, 0.3) is 0 Å². The van der Waals surface area contributed by atoms with E-state index in [-0.39, 0.29) is 0 Å². The van der Waals surface area contributed by atoms with E-state index in [0.717, 1.165) is 19.3 Å². The van der Waals surface area contributed by atoms with Crippen molar-refractivity contribution in [3.8, 4) is 0 Å². The van der Waals surface area contributed by atoms with Crippen LogP contribution in [0.2, 0.25) is 0 Å². The van der Waals surface area contributed by atoms with Crippen LogP contribution in [0.4, 0.5) is 5.69 Å². The topological polar surface area (TPSA) is 68.3 Å². The van der Waals surface area contributed by atoms with Crippen LogP contribution in [0.15, 0.2) is 17.3 Å². The largest absolute Gasteiger partial charge is 0.465 e. The van der Waals surface area contributed by atoms with Gasteiger partial charge in [0, 0.05) is 18.5 Å². The summed E-state index contributed by atoms with van der Waals surface area (Å²) in [4.78, 5) is 16.0. The molecule has 1 heterocycles. The summed E-state index contributed by atoms with van der Waals surface area (Å²) in [7, 11) is 0.124. The van der Waals surface area contributed by atoms with Crippen LogP contribution in [-0.4, -0.2) is 34.6 Å². The smallest absolute Gasteiger partial charge is 0.340 e. The summed E-state index contributed by atoms with van der Waals surface area (Å²) in [5.41, 5.74) is 0.928. The van der Waals surface area contributed by atoms with E-state index >= 15 is 0 Å². The number of ether oxygens (including phenoxy) is 1. The van der Waals surface area contributed by atoms with Gasteiger partial charge in [0.2, 0.25) is 0 Å². The predicted molar refractivity (Wildman–Crippen MR) is 80.5 cm³/mol. The van der Waals surface area contributed by atoms with Crippen molar-refractivity contribution in [1.29, 1.82) is 0 Å². The number of hydrogen-bond acceptors (Lipinski definition) is 5. The van der Waals surface area contributed by atoms with E-state index < -0.39 is 16.8 Å². The molecule has 1 rings (SSSR count). The molecule has 1 atom stereocenters. The molecule has 0 aromatic carbocycles. The zero-order valence-corrected chi connectivity index (χ0v) is 13.1. The standard InChI is InChI=1S/C14H22N2O3S/c1-4-6-8-15-12-11(14(17)19-3)7-9-16-13(12)20(18)10-5-2/h7,9,15H,4-6,8,10H2,1-3H3. The lowest BCUT2D eigenvalue weighted by Gasteiger charge is -2.14. The Bertz CT molecular complexity index is 477. The fourth-order valence-corrected chi connectivity index (χ4v) is 2.89. The van der Waals surface area contributed by atoms with Crippen molar-refractivity contribution in [3.63, 3.8) is 0 Å². The number of carbonyl (C=O) groups excluding carboxylic acids is 1. The average Bonchev–Trinajstić information content (AvgIpc) is 2.47. The fourth-order valence-electron chi connectivity index (χ4n) is 1.74. The van der Waals surface area contributed by atoms with Gasteiger partial charge in [0.05, 0.1) is 29.2 Å². The molecule has 20 heavy (non-hydrogen) atoms. The summed E-state index contributed by atoms with van der Waals surface area (Å²) < 4.78 is 17.0. The first-order valence-electron chi connectivity index (χ1n) is 6.85. The van der Waals surface area contributed by atoms with Crippen molar-refractivity contribution in [1.82, 2.24) is 4.98 Å². The number of rotatable bonds is 8. The minimum atomic E-state index is -1.21. The minimum Gasteiger partial charge on any atom is -0.465 e. The van der Waals surface area contributed by atoms with Gasteiger partial charge in [-0.15, -0.1) is 0 Å². The molecule has 1 aromatic rings. The molecule has 0 aliphatic carbocycles. The van der Waals surface area contributed by atoms with Crippen LogP contribution in [0, 0.1) is 0 Å². The number of aromatic nitrogens is 1. The molecule has 6 heteroatoms. The molecule has 112 valence electrons. The molecule has 5 nitrogen and oxygen atoms in total. The van der Waals surface area contributed by atoms with Gasteiger partial charge in [0.25, 0.3) is 0 Å². The van der Waals surface area contributed by atoms with Crippen LogP contribution in [-0.2, 0) is 15.5 Å². The molecular weight excluding hydrogens is 276 g/mol. The number of unbranched alkanes of at least 4 members (excludes halogenated alkanes) is 1. The lowest BCUT2D eigenvalue weighted by molar-refractivity contribution is 0.0601. The molecule has 1 aromatic heterocycles. The highest BCUT2D eigenvalue weighted by Crippen LogP contribution is 2.23. The molecule has 0 amide bonds. The first-order valence-corrected chi connectivity index (χ1v) is 8.17. The van der Waals surface area contributed by atoms with Crippen LogP contribution < -0.4 is 5.32 Å². The third kappa shape index (κ3) is 4.30. The third-order valence-corrected chi connectivity index (χ3v) is 4.28. The van der Waals surface area contributed by atoms with Crippen LogP contribution in [0.3, 0.4) is 0 Å². The molecule has 0 saturated carbocycles. The number of carbonyl (C=O) groups is 1. The van der Waals surface area contributed by atoms with E-state index in [9.17, 15) is 9.00 Å². The Kier molecular flexibility index (Phi) is 7.22. The van der Waals surface area contributed by atoms with E-state index in [1.807, 2.05) is 6.92 Å². The number of esters is 1. The summed E-state index contributed by atoms with van der Waals surface area (Å²) >= 11 is 0. The Morgan fingerprint density at radius 2 is 2.15 bits per heavy atom. The monoisotopic (exact) mass is 298 g/mol. The van der Waals surface area contributed by atoms with Crippen LogP contribution >= 0.6 is 0 Å². The van der Waals surface area contributed by atoms with Crippen molar-refractivity contribution >= 4 is 22.5 Å². The number of nitrogens with one attached hydrogen (secondary N) is 1. The van der Waals surface area contributed by atoms with Gasteiger partial charge in [-0.1, -0.05) is 20.3 Å². The molecule has 1 unspecified atom stereocenters. The molecule has 0 bridgehead atoms. The highest BCUT2D eigenvalue weighted by molar-refractivity contribution is 7.85. The molecular formula is C14H22N2O3S. The summed E-state index contributed by atoms with van der Waals surface area (Å²) in [6.45, 7) is 4.76. The van der Waals surface area contributed by atoms with Crippen LogP contribution in [0.5, 0.6) is 0 Å². The Hall–Kier alpha value is -1.43. The summed E-state index contributed by atoms with van der Waals surface area (Å²) in [5, 5.41) is 3.62. The van der Waals surface area contributed by atoms with E-state index in [4.69, 9.17) is 4.74 Å². The van der Waals surface area contributed by atoms with Crippen molar-refractivity contribution in [2.75, 3.05) is 24.7 Å². The highest BCUT2D eigenvalue weighted by Gasteiger charge is 2.19. The minimum absolute atomic E-state index is 0.387. The average molecular weight is 298 g/mol. The van der Waals surface area contributed by atoms with Gasteiger partial charge in [0.15, 0.2) is 5.03 Å². The van der Waals surface area contributed by atoms with Crippen molar-refractivity contribution in [2.45, 2.75) is 38.1 Å². The SMILES string of the molecule is CCCCNc1c(C(=O)OC)ccnc1S(=O)CCC. The third-order valence-electron chi connectivity index (χ3n) is 2.76. The lowest BCUT2D eigenvalue weighted by atomic mass is 10.2. The molecule has 0 spiro atoms. The van der Waals surface area contributed by atoms with E-state index in [1.165, 1.54) is 13.3 Å². The Balaban J connectivity index is 3.14. The molecule has 0 fully saturated rings. The number of pyridine rings is 1. The second-order valence-corrected chi connectivity index (χ2v) is 5.85. The van der Waals surface area contributed by atoms with Crippen molar-refractivity contribution in [3.05, 3.63) is 17.8 Å². The van der Waals surface area contributed by atoms with Crippen molar-refractivity contribution < 1.29 is 13.7 Å². The summed E-state index contributed by atoms with van der Waals surface area (Å²) in [6.07, 6.45) is 4.30. The Labute approximate surface area is 122 Å². The zero-order valence-electron chi connectivity index (χ0n) is 12.3. The maximum absolute atomic E-state index is 12.2. The van der Waals surface area contributed by atoms with Gasteiger partial charge in [-0.25, -0.2) is 9.78 Å². The summed E-state index contributed by atoms with van der Waals surface area (Å²) in [6, 6.07) is 1.59. The molecule has 0 aliphatic heterocycles. The first-order chi connectivity index (χ1) is 9.65. The highest BCUT2D eigenvalue weighted by atomic mass is 32.2. The number of anilines is 1. The maximum atomic E-state index is 12.2. The Morgan fingerprint density at radius 3 is 2.75 bits per heavy atom. The molecule has 0 saturated heterocycles. The van der Waals surface area contributed by atoms with Crippen LogP contribution in [0.1, 0.15) is 43.5 Å². The lowest BCUT2D eigenvalue weighted by Crippen LogP contribution is -2.14. The van der Waals surface area contributed by atoms with Gasteiger partial charge in [-0.2, -0.15) is 0 Å². The zero-order chi connectivity index (χ0) is 15.0. The van der Waals surface area contributed by atoms with Gasteiger partial charge >= 0.3 is 5.97 Å². The number of nitrogens with zero attached hydrogens (tertiary/aromatic N) is 1. The molecule has 1 N–H and O–H groups in total. The Morgan fingerprint density at radius 1 is 1.40 bits per heavy atom. The second-order valence-electron chi connectivity index (χ2n) is 4.36. The normalized spacial score (nSPS) is 11.9. The van der Waals surface area contributed by atoms with E-state index in [2.05, 4.69) is 17.2 Å². The molecule has 0 aliphatic rings. The molecule has 0 radical (unpaired) electrons. The van der Waals surface area contributed by atoms with E-state index in [1.54, 1.807) is 6.07 Å². The number of methoxy groups -OCH3 is 1. The van der Waals surface area contributed by atoms with Gasteiger partial charge in [0.1, 0.15) is 0 Å². The number of hydrogen-bond donors (Lipinski definition) is 1. The van der Waals surface area contributed by atoms with Gasteiger partial charge in [-0.3, -0.25) is 4.21 Å². The first kappa shape index (κ1) is 16.6.